The van der Waals surface area contributed by atoms with Crippen LogP contribution in [0.2, 0.25) is 5.02 Å². The van der Waals surface area contributed by atoms with E-state index in [1.54, 1.807) is 0 Å². The van der Waals surface area contributed by atoms with Crippen molar-refractivity contribution >= 4 is 17.4 Å². The van der Waals surface area contributed by atoms with E-state index >= 15 is 0 Å². The molecule has 1 unspecified atom stereocenters. The summed E-state index contributed by atoms with van der Waals surface area (Å²) in [6.45, 7) is 4.54. The second kappa shape index (κ2) is 7.61. The summed E-state index contributed by atoms with van der Waals surface area (Å²) in [5, 5.41) is 0.767. The van der Waals surface area contributed by atoms with Crippen molar-refractivity contribution in [2.75, 3.05) is 13.7 Å². The Morgan fingerprint density at radius 2 is 1.93 bits per heavy atom. The van der Waals surface area contributed by atoms with E-state index in [1.807, 2.05) is 30.5 Å². The Morgan fingerprint density at radius 3 is 2.63 bits per heavy atom. The molecule has 0 radical (unpaired) electrons. The predicted octanol–water partition coefficient (Wildman–Crippen LogP) is 3.93. The lowest BCUT2D eigenvalue weighted by Crippen LogP contribution is -2.44. The minimum Gasteiger partial charge on any atom is -0.353 e. The van der Waals surface area contributed by atoms with Crippen LogP contribution in [0.4, 0.5) is 0 Å². The van der Waals surface area contributed by atoms with E-state index < -0.39 is 0 Å². The smallest absolute Gasteiger partial charge is 0.153 e. The topological polar surface area (TPSA) is 35.0 Å². The summed E-state index contributed by atoms with van der Waals surface area (Å²) in [5.74, 6) is 1.07. The van der Waals surface area contributed by atoms with Gasteiger partial charge in [0.15, 0.2) is 5.84 Å². The zero-order valence-electron chi connectivity index (χ0n) is 15.7. The van der Waals surface area contributed by atoms with Crippen LogP contribution >= 0.6 is 11.6 Å². The molecule has 1 aromatic carbocycles. The number of aliphatic imine (C=N–C) groups is 1. The van der Waals surface area contributed by atoms with Gasteiger partial charge >= 0.3 is 0 Å². The van der Waals surface area contributed by atoms with Crippen LogP contribution in [0, 0.1) is 0 Å². The Hall–Kier alpha value is -2.53. The van der Waals surface area contributed by atoms with Gasteiger partial charge in [0.05, 0.1) is 24.6 Å². The molecular weight excluding hydrogens is 358 g/mol. The number of likely N-dealkylation sites (N-methyl/N-ethyl adjacent to an activating group) is 1. The van der Waals surface area contributed by atoms with Crippen molar-refractivity contribution in [1.82, 2.24) is 19.7 Å². The molecule has 5 nitrogen and oxygen atoms in total. The van der Waals surface area contributed by atoms with Gasteiger partial charge in [-0.15, -0.1) is 0 Å². The van der Waals surface area contributed by atoms with Gasteiger partial charge in [-0.1, -0.05) is 36.7 Å². The maximum absolute atomic E-state index is 6.03. The number of fused-ring (bicyclic) bond motifs is 1. The summed E-state index contributed by atoms with van der Waals surface area (Å²) in [7, 11) is 2.13. The Kier molecular flexibility index (Phi) is 5.03. The van der Waals surface area contributed by atoms with E-state index in [1.165, 1.54) is 11.3 Å². The van der Waals surface area contributed by atoms with Crippen LogP contribution < -0.4 is 0 Å². The van der Waals surface area contributed by atoms with Gasteiger partial charge in [-0.2, -0.15) is 0 Å². The predicted molar refractivity (Wildman–Crippen MR) is 109 cm³/mol. The molecule has 2 aliphatic rings. The van der Waals surface area contributed by atoms with Crippen LogP contribution in [0.1, 0.15) is 24.6 Å². The Morgan fingerprint density at radius 1 is 1.11 bits per heavy atom. The second-order valence-corrected chi connectivity index (χ2v) is 7.44. The average molecular weight is 382 g/mol. The molecule has 2 aromatic rings. The Bertz CT molecular complexity index is 847. The van der Waals surface area contributed by atoms with Crippen molar-refractivity contribution in [2.45, 2.75) is 32.6 Å². The number of hydrogen-bond acceptors (Lipinski definition) is 5. The van der Waals surface area contributed by atoms with Gasteiger partial charge in [0, 0.05) is 31.0 Å². The normalized spacial score (nSPS) is 19.1. The fraction of sp³-hybridized carbons (Fsp3) is 0.333. The first-order valence-corrected chi connectivity index (χ1v) is 9.68. The summed E-state index contributed by atoms with van der Waals surface area (Å²) in [5.41, 5.74) is 3.47. The molecule has 1 aromatic heterocycles. The standard InChI is InChI=1S/C21H24ClN5/c1-3-20-24-21-19(25(20)2)14-26(12-16-7-9-17(22)10-8-16)15-27(21)13-18-6-4-5-11-23-18/h4-11,14,20H,3,12-13,15H2,1-2H3. The molecule has 0 bridgehead atoms. The van der Waals surface area contributed by atoms with E-state index in [0.29, 0.717) is 0 Å². The van der Waals surface area contributed by atoms with E-state index in [2.05, 4.69) is 58.1 Å². The summed E-state index contributed by atoms with van der Waals surface area (Å²) in [6.07, 6.45) is 5.27. The number of hydrogen-bond donors (Lipinski definition) is 0. The van der Waals surface area contributed by atoms with Crippen LogP contribution in [0.25, 0.3) is 0 Å². The molecule has 2 aliphatic heterocycles. The lowest BCUT2D eigenvalue weighted by atomic mass is 10.2. The van der Waals surface area contributed by atoms with E-state index in [9.17, 15) is 0 Å². The monoisotopic (exact) mass is 381 g/mol. The Balaban J connectivity index is 1.61. The summed E-state index contributed by atoms with van der Waals surface area (Å²) >= 11 is 6.03. The first-order chi connectivity index (χ1) is 13.1. The molecule has 27 heavy (non-hydrogen) atoms. The second-order valence-electron chi connectivity index (χ2n) is 7.00. The first-order valence-electron chi connectivity index (χ1n) is 9.30. The molecule has 0 saturated carbocycles. The quantitative estimate of drug-likeness (QED) is 0.786. The van der Waals surface area contributed by atoms with Crippen LogP contribution in [0.5, 0.6) is 0 Å². The van der Waals surface area contributed by atoms with Crippen LogP contribution in [-0.2, 0) is 13.1 Å². The van der Waals surface area contributed by atoms with Crippen LogP contribution in [0.3, 0.4) is 0 Å². The number of amidine groups is 1. The van der Waals surface area contributed by atoms with Crippen molar-refractivity contribution in [1.29, 1.82) is 0 Å². The number of rotatable bonds is 5. The van der Waals surface area contributed by atoms with E-state index in [0.717, 1.165) is 42.7 Å². The summed E-state index contributed by atoms with van der Waals surface area (Å²) in [6, 6.07) is 14.1. The molecule has 3 heterocycles. The molecule has 0 aliphatic carbocycles. The van der Waals surface area contributed by atoms with Gasteiger partial charge in [-0.05, 0) is 36.2 Å². The lowest BCUT2D eigenvalue weighted by Gasteiger charge is -2.37. The van der Waals surface area contributed by atoms with Crippen LogP contribution in [-0.4, -0.2) is 45.4 Å². The highest BCUT2D eigenvalue weighted by Gasteiger charge is 2.34. The molecule has 4 rings (SSSR count). The molecule has 0 fully saturated rings. The zero-order valence-corrected chi connectivity index (χ0v) is 16.5. The molecule has 0 N–H and O–H groups in total. The minimum atomic E-state index is 0.202. The van der Waals surface area contributed by atoms with Gasteiger partial charge in [-0.25, -0.2) is 4.99 Å². The molecule has 0 saturated heterocycles. The SMILES string of the molecule is CCC1N=C2C(=CN(Cc3ccc(Cl)cc3)CN2Cc2ccccn2)N1C. The zero-order chi connectivity index (χ0) is 18.8. The van der Waals surface area contributed by atoms with Crippen molar-refractivity contribution in [3.63, 3.8) is 0 Å². The third-order valence-electron chi connectivity index (χ3n) is 5.03. The number of nitrogens with zero attached hydrogens (tertiary/aromatic N) is 5. The highest BCUT2D eigenvalue weighted by Crippen LogP contribution is 2.28. The molecule has 6 heteroatoms. The molecule has 1 atom stereocenters. The molecule has 140 valence electrons. The largest absolute Gasteiger partial charge is 0.353 e. The Labute approximate surface area is 165 Å². The summed E-state index contributed by atoms with van der Waals surface area (Å²) < 4.78 is 0. The first kappa shape index (κ1) is 17.9. The van der Waals surface area contributed by atoms with E-state index in [4.69, 9.17) is 16.6 Å². The van der Waals surface area contributed by atoms with Gasteiger partial charge in [-0.3, -0.25) is 4.98 Å². The maximum atomic E-state index is 6.03. The number of halogens is 1. The van der Waals surface area contributed by atoms with Gasteiger partial charge in [0.1, 0.15) is 6.17 Å². The molecular formula is C21H24ClN5. The average Bonchev–Trinajstić information content (AvgIpc) is 3.01. The number of benzene rings is 1. The van der Waals surface area contributed by atoms with Crippen molar-refractivity contribution in [2.24, 2.45) is 4.99 Å². The highest BCUT2D eigenvalue weighted by atomic mass is 35.5. The highest BCUT2D eigenvalue weighted by molar-refractivity contribution is 6.30. The van der Waals surface area contributed by atoms with Gasteiger partial charge < -0.3 is 14.7 Å². The third-order valence-corrected chi connectivity index (χ3v) is 5.28. The molecule has 0 amide bonds. The van der Waals surface area contributed by atoms with Crippen molar-refractivity contribution in [3.8, 4) is 0 Å². The van der Waals surface area contributed by atoms with Crippen molar-refractivity contribution in [3.05, 3.63) is 76.8 Å². The third kappa shape index (κ3) is 3.78. The fourth-order valence-electron chi connectivity index (χ4n) is 3.60. The lowest BCUT2D eigenvalue weighted by molar-refractivity contribution is 0.214. The fourth-order valence-corrected chi connectivity index (χ4v) is 3.73. The van der Waals surface area contributed by atoms with Crippen LogP contribution in [0.15, 0.2) is 65.6 Å². The number of pyridine rings is 1. The maximum Gasteiger partial charge on any atom is 0.153 e. The molecule has 0 spiro atoms. The summed E-state index contributed by atoms with van der Waals surface area (Å²) in [4.78, 5) is 16.4. The van der Waals surface area contributed by atoms with Gasteiger partial charge in [0.25, 0.3) is 0 Å². The van der Waals surface area contributed by atoms with Crippen molar-refractivity contribution < 1.29 is 0 Å². The van der Waals surface area contributed by atoms with Gasteiger partial charge in [0.2, 0.25) is 0 Å². The minimum absolute atomic E-state index is 0.202. The number of aromatic nitrogens is 1. The van der Waals surface area contributed by atoms with E-state index in [-0.39, 0.29) is 6.17 Å².